The Morgan fingerprint density at radius 3 is 2.83 bits per heavy atom. The van der Waals surface area contributed by atoms with Gasteiger partial charge in [-0.25, -0.2) is 0 Å². The quantitative estimate of drug-likeness (QED) is 0.650. The molecule has 1 aromatic heterocycles. The van der Waals surface area contributed by atoms with Gasteiger partial charge in [-0.05, 0) is 47.2 Å². The van der Waals surface area contributed by atoms with Gasteiger partial charge in [0.15, 0.2) is 0 Å². The molecular formula is C18H16IN3O. The predicted octanol–water partition coefficient (Wildman–Crippen LogP) is 4.10. The molecule has 0 atom stereocenters. The van der Waals surface area contributed by atoms with E-state index in [1.807, 2.05) is 41.2 Å². The molecule has 23 heavy (non-hydrogen) atoms. The molecule has 3 aromatic rings. The molecule has 0 aliphatic carbocycles. The van der Waals surface area contributed by atoms with E-state index in [1.54, 1.807) is 6.20 Å². The van der Waals surface area contributed by atoms with Crippen molar-refractivity contribution in [2.45, 2.75) is 13.5 Å². The lowest BCUT2D eigenvalue weighted by atomic mass is 10.1. The molecule has 3 rings (SSSR count). The highest BCUT2D eigenvalue weighted by Crippen LogP contribution is 2.15. The highest BCUT2D eigenvalue weighted by molar-refractivity contribution is 14.1. The van der Waals surface area contributed by atoms with Crippen molar-refractivity contribution in [1.82, 2.24) is 9.78 Å². The number of carbonyl (C=O) groups excluding carboxylic acids is 1. The largest absolute Gasteiger partial charge is 0.319 e. The summed E-state index contributed by atoms with van der Waals surface area (Å²) in [5, 5.41) is 7.20. The van der Waals surface area contributed by atoms with Gasteiger partial charge in [0.05, 0.1) is 24.0 Å². The van der Waals surface area contributed by atoms with Gasteiger partial charge in [0.1, 0.15) is 0 Å². The molecule has 0 aliphatic heterocycles. The third-order valence-electron chi connectivity index (χ3n) is 3.44. The van der Waals surface area contributed by atoms with Crippen LogP contribution in [0.5, 0.6) is 0 Å². The first-order chi connectivity index (χ1) is 11.1. The second-order valence-corrected chi connectivity index (χ2v) is 6.51. The summed E-state index contributed by atoms with van der Waals surface area (Å²) in [5.41, 5.74) is 3.77. The lowest BCUT2D eigenvalue weighted by Gasteiger charge is -2.05. The monoisotopic (exact) mass is 417 g/mol. The van der Waals surface area contributed by atoms with Crippen LogP contribution in [-0.4, -0.2) is 15.7 Å². The first-order valence-electron chi connectivity index (χ1n) is 7.26. The van der Waals surface area contributed by atoms with Crippen LogP contribution in [0, 0.1) is 10.5 Å². The molecule has 1 N–H and O–H groups in total. The van der Waals surface area contributed by atoms with E-state index >= 15 is 0 Å². The maximum absolute atomic E-state index is 12.3. The molecule has 0 unspecified atom stereocenters. The van der Waals surface area contributed by atoms with Crippen LogP contribution < -0.4 is 5.32 Å². The number of hydrogen-bond donors (Lipinski definition) is 1. The van der Waals surface area contributed by atoms with Crippen molar-refractivity contribution in [1.29, 1.82) is 0 Å². The zero-order valence-electron chi connectivity index (χ0n) is 12.7. The van der Waals surface area contributed by atoms with Gasteiger partial charge in [-0.1, -0.05) is 42.0 Å². The zero-order chi connectivity index (χ0) is 16.2. The van der Waals surface area contributed by atoms with Crippen LogP contribution in [0.2, 0.25) is 0 Å². The average Bonchev–Trinajstić information content (AvgIpc) is 2.94. The molecule has 0 aliphatic rings. The van der Waals surface area contributed by atoms with E-state index in [-0.39, 0.29) is 5.91 Å². The smallest absolute Gasteiger partial charge is 0.256 e. The number of halogens is 1. The summed E-state index contributed by atoms with van der Waals surface area (Å²) in [6.07, 6.45) is 3.51. The summed E-state index contributed by atoms with van der Waals surface area (Å²) in [6, 6.07) is 15.8. The van der Waals surface area contributed by atoms with Gasteiger partial charge >= 0.3 is 0 Å². The number of nitrogens with zero attached hydrogens (tertiary/aromatic N) is 2. The molecular weight excluding hydrogens is 401 g/mol. The molecule has 5 heteroatoms. The molecule has 0 spiro atoms. The number of nitrogens with one attached hydrogen (secondary N) is 1. The number of aromatic nitrogens is 2. The maximum atomic E-state index is 12.3. The van der Waals surface area contributed by atoms with Gasteiger partial charge in [-0.2, -0.15) is 5.10 Å². The van der Waals surface area contributed by atoms with Crippen LogP contribution in [-0.2, 0) is 6.54 Å². The Morgan fingerprint density at radius 1 is 1.22 bits per heavy atom. The summed E-state index contributed by atoms with van der Waals surface area (Å²) in [7, 11) is 0. The Labute approximate surface area is 148 Å². The van der Waals surface area contributed by atoms with E-state index in [9.17, 15) is 4.79 Å². The first-order valence-corrected chi connectivity index (χ1v) is 8.33. The van der Waals surface area contributed by atoms with Crippen LogP contribution >= 0.6 is 22.6 Å². The van der Waals surface area contributed by atoms with E-state index in [1.165, 1.54) is 11.1 Å². The number of aryl methyl sites for hydroxylation is 1. The highest BCUT2D eigenvalue weighted by atomic mass is 127. The SMILES string of the molecule is Cc1cccc(Cn2cc(NC(=O)c3ccccc3I)cn2)c1. The van der Waals surface area contributed by atoms with Crippen molar-refractivity contribution in [2.24, 2.45) is 0 Å². The number of carbonyl (C=O) groups is 1. The summed E-state index contributed by atoms with van der Waals surface area (Å²) in [4.78, 5) is 12.3. The third-order valence-corrected chi connectivity index (χ3v) is 4.38. The topological polar surface area (TPSA) is 46.9 Å². The van der Waals surface area contributed by atoms with Crippen molar-refractivity contribution in [3.8, 4) is 0 Å². The Balaban J connectivity index is 1.70. The molecule has 0 fully saturated rings. The van der Waals surface area contributed by atoms with Gasteiger partial charge < -0.3 is 5.32 Å². The zero-order valence-corrected chi connectivity index (χ0v) is 14.8. The van der Waals surface area contributed by atoms with Crippen LogP contribution in [0.3, 0.4) is 0 Å². The highest BCUT2D eigenvalue weighted by Gasteiger charge is 2.10. The van der Waals surface area contributed by atoms with Gasteiger partial charge in [0.25, 0.3) is 5.91 Å². The van der Waals surface area contributed by atoms with Crippen molar-refractivity contribution >= 4 is 34.2 Å². The second kappa shape index (κ2) is 6.95. The van der Waals surface area contributed by atoms with E-state index in [0.29, 0.717) is 17.8 Å². The molecule has 0 bridgehead atoms. The number of rotatable bonds is 4. The van der Waals surface area contributed by atoms with Gasteiger partial charge in [-0.3, -0.25) is 9.48 Å². The first kappa shape index (κ1) is 15.7. The fourth-order valence-electron chi connectivity index (χ4n) is 2.36. The van der Waals surface area contributed by atoms with E-state index in [0.717, 1.165) is 3.57 Å². The molecule has 2 aromatic carbocycles. The van der Waals surface area contributed by atoms with Crippen LogP contribution in [0.25, 0.3) is 0 Å². The molecule has 0 saturated heterocycles. The Bertz CT molecular complexity index is 842. The fourth-order valence-corrected chi connectivity index (χ4v) is 2.99. The molecule has 0 radical (unpaired) electrons. The molecule has 1 heterocycles. The Hall–Kier alpha value is -2.15. The summed E-state index contributed by atoms with van der Waals surface area (Å²) in [6.45, 7) is 2.75. The minimum Gasteiger partial charge on any atom is -0.319 e. The van der Waals surface area contributed by atoms with E-state index in [2.05, 4.69) is 58.1 Å². The Kier molecular flexibility index (Phi) is 4.76. The summed E-state index contributed by atoms with van der Waals surface area (Å²) >= 11 is 2.16. The number of amides is 1. The average molecular weight is 417 g/mol. The van der Waals surface area contributed by atoms with E-state index in [4.69, 9.17) is 0 Å². The van der Waals surface area contributed by atoms with Gasteiger partial charge in [0.2, 0.25) is 0 Å². The number of hydrogen-bond acceptors (Lipinski definition) is 2. The lowest BCUT2D eigenvalue weighted by Crippen LogP contribution is -2.12. The third kappa shape index (κ3) is 3.98. The lowest BCUT2D eigenvalue weighted by molar-refractivity contribution is 0.102. The van der Waals surface area contributed by atoms with Crippen molar-refractivity contribution in [3.63, 3.8) is 0 Å². The van der Waals surface area contributed by atoms with Crippen molar-refractivity contribution in [2.75, 3.05) is 5.32 Å². The van der Waals surface area contributed by atoms with Crippen LogP contribution in [0.1, 0.15) is 21.5 Å². The predicted molar refractivity (Wildman–Crippen MR) is 99.6 cm³/mol. The van der Waals surface area contributed by atoms with Crippen molar-refractivity contribution in [3.05, 3.63) is 81.2 Å². The van der Waals surface area contributed by atoms with Gasteiger partial charge in [0, 0.05) is 9.77 Å². The molecule has 116 valence electrons. The number of anilines is 1. The normalized spacial score (nSPS) is 10.5. The standard InChI is InChI=1S/C18H16IN3O/c1-13-5-4-6-14(9-13)11-22-12-15(10-20-22)21-18(23)16-7-2-3-8-17(16)19/h2-10,12H,11H2,1H3,(H,21,23). The van der Waals surface area contributed by atoms with Gasteiger partial charge in [-0.15, -0.1) is 0 Å². The Morgan fingerprint density at radius 2 is 2.04 bits per heavy atom. The van der Waals surface area contributed by atoms with Crippen molar-refractivity contribution < 1.29 is 4.79 Å². The molecule has 1 amide bonds. The second-order valence-electron chi connectivity index (χ2n) is 5.35. The fraction of sp³-hybridized carbons (Fsp3) is 0.111. The maximum Gasteiger partial charge on any atom is 0.256 e. The molecule has 0 saturated carbocycles. The van der Waals surface area contributed by atoms with Crippen LogP contribution in [0.4, 0.5) is 5.69 Å². The minimum atomic E-state index is -0.120. The minimum absolute atomic E-state index is 0.120. The molecule has 4 nitrogen and oxygen atoms in total. The summed E-state index contributed by atoms with van der Waals surface area (Å²) in [5.74, 6) is -0.120. The van der Waals surface area contributed by atoms with E-state index < -0.39 is 0 Å². The number of benzene rings is 2. The van der Waals surface area contributed by atoms with Crippen LogP contribution in [0.15, 0.2) is 60.9 Å². The summed E-state index contributed by atoms with van der Waals surface area (Å²) < 4.78 is 2.75.